The summed E-state index contributed by atoms with van der Waals surface area (Å²) < 4.78 is 5.13. The van der Waals surface area contributed by atoms with Gasteiger partial charge in [-0.1, -0.05) is 13.8 Å². The lowest BCUT2D eigenvalue weighted by Gasteiger charge is -2.17. The van der Waals surface area contributed by atoms with Crippen LogP contribution in [0.15, 0.2) is 22.8 Å². The fourth-order valence-electron chi connectivity index (χ4n) is 1.29. The lowest BCUT2D eigenvalue weighted by atomic mass is 10.0. The van der Waals surface area contributed by atoms with Crippen LogP contribution in [0.2, 0.25) is 0 Å². The van der Waals surface area contributed by atoms with Gasteiger partial charge < -0.3 is 10.2 Å². The van der Waals surface area contributed by atoms with E-state index in [4.69, 9.17) is 10.2 Å². The predicted octanol–water partition coefficient (Wildman–Crippen LogP) is 0.879. The van der Waals surface area contributed by atoms with Gasteiger partial charge in [0.15, 0.2) is 0 Å². The molecule has 1 heterocycles. The monoisotopic (exact) mass is 196 g/mol. The number of carbonyl (C=O) groups is 1. The molecule has 1 atom stereocenters. The average Bonchev–Trinajstić information content (AvgIpc) is 2.55. The summed E-state index contributed by atoms with van der Waals surface area (Å²) in [5, 5.41) is 3.05. The summed E-state index contributed by atoms with van der Waals surface area (Å²) in [6.07, 6.45) is 1.60. The maximum atomic E-state index is 11.0. The predicted molar refractivity (Wildman–Crippen MR) is 53.4 cm³/mol. The summed E-state index contributed by atoms with van der Waals surface area (Å²) in [6, 6.07) is 3.36. The van der Waals surface area contributed by atoms with Gasteiger partial charge in [0.05, 0.1) is 18.8 Å². The summed E-state index contributed by atoms with van der Waals surface area (Å²) in [6.45, 7) is 4.42. The smallest absolute Gasteiger partial charge is 0.234 e. The van der Waals surface area contributed by atoms with Gasteiger partial charge in [-0.25, -0.2) is 0 Å². The van der Waals surface area contributed by atoms with Crippen molar-refractivity contribution in [1.29, 1.82) is 0 Å². The summed E-state index contributed by atoms with van der Waals surface area (Å²) in [5.41, 5.74) is 5.25. The van der Waals surface area contributed by atoms with Crippen molar-refractivity contribution in [2.45, 2.75) is 26.4 Å². The van der Waals surface area contributed by atoms with Gasteiger partial charge in [0.1, 0.15) is 5.76 Å². The normalized spacial score (nSPS) is 13.1. The Labute approximate surface area is 83.5 Å². The molecule has 1 aromatic heterocycles. The molecule has 0 aromatic carbocycles. The zero-order valence-corrected chi connectivity index (χ0v) is 8.49. The van der Waals surface area contributed by atoms with Gasteiger partial charge in [-0.05, 0) is 18.1 Å². The van der Waals surface area contributed by atoms with E-state index in [1.54, 1.807) is 6.26 Å². The molecule has 0 fully saturated rings. The highest BCUT2D eigenvalue weighted by molar-refractivity contribution is 5.80. The van der Waals surface area contributed by atoms with Crippen molar-refractivity contribution in [3.63, 3.8) is 0 Å². The third kappa shape index (κ3) is 2.88. The Bertz CT molecular complexity index is 280. The highest BCUT2D eigenvalue weighted by Crippen LogP contribution is 2.04. The van der Waals surface area contributed by atoms with Crippen molar-refractivity contribution in [2.24, 2.45) is 11.7 Å². The Morgan fingerprint density at radius 1 is 1.64 bits per heavy atom. The van der Waals surface area contributed by atoms with Gasteiger partial charge in [-0.15, -0.1) is 0 Å². The van der Waals surface area contributed by atoms with Crippen molar-refractivity contribution >= 4 is 5.91 Å². The summed E-state index contributed by atoms with van der Waals surface area (Å²) in [4.78, 5) is 11.0. The minimum absolute atomic E-state index is 0.183. The molecule has 1 rings (SSSR count). The van der Waals surface area contributed by atoms with E-state index in [9.17, 15) is 4.79 Å². The first-order chi connectivity index (χ1) is 6.61. The van der Waals surface area contributed by atoms with Crippen LogP contribution < -0.4 is 11.1 Å². The molecule has 1 aromatic rings. The van der Waals surface area contributed by atoms with Crippen LogP contribution >= 0.6 is 0 Å². The van der Waals surface area contributed by atoms with E-state index >= 15 is 0 Å². The van der Waals surface area contributed by atoms with Gasteiger partial charge in [-0.2, -0.15) is 0 Å². The molecule has 4 heteroatoms. The maximum Gasteiger partial charge on any atom is 0.234 e. The topological polar surface area (TPSA) is 68.3 Å². The minimum atomic E-state index is -0.327. The summed E-state index contributed by atoms with van der Waals surface area (Å²) in [7, 11) is 0. The number of primary amides is 1. The molecule has 0 aliphatic heterocycles. The number of hydrogen-bond acceptors (Lipinski definition) is 3. The lowest BCUT2D eigenvalue weighted by molar-refractivity contribution is -0.121. The Hall–Kier alpha value is -1.29. The molecule has 0 radical (unpaired) electrons. The van der Waals surface area contributed by atoms with Crippen molar-refractivity contribution < 1.29 is 9.21 Å². The van der Waals surface area contributed by atoms with E-state index in [2.05, 4.69) is 5.32 Å². The van der Waals surface area contributed by atoms with Crippen molar-refractivity contribution in [1.82, 2.24) is 5.32 Å². The Morgan fingerprint density at radius 3 is 2.79 bits per heavy atom. The van der Waals surface area contributed by atoms with Crippen molar-refractivity contribution in [2.75, 3.05) is 0 Å². The van der Waals surface area contributed by atoms with Crippen LogP contribution in [0.5, 0.6) is 0 Å². The fraction of sp³-hybridized carbons (Fsp3) is 0.500. The van der Waals surface area contributed by atoms with Gasteiger partial charge in [-0.3, -0.25) is 10.1 Å². The molecule has 0 spiro atoms. The molecule has 3 N–H and O–H groups in total. The highest BCUT2D eigenvalue weighted by atomic mass is 16.3. The highest BCUT2D eigenvalue weighted by Gasteiger charge is 2.18. The summed E-state index contributed by atoms with van der Waals surface area (Å²) >= 11 is 0. The standard InChI is InChI=1S/C10H16N2O2/c1-7(2)9(10(11)13)12-6-8-4-3-5-14-8/h3-5,7,9,12H,6H2,1-2H3,(H2,11,13). The first kappa shape index (κ1) is 10.8. The number of nitrogens with one attached hydrogen (secondary N) is 1. The average molecular weight is 196 g/mol. The quantitative estimate of drug-likeness (QED) is 0.734. The Kier molecular flexibility index (Phi) is 3.71. The number of amides is 1. The van der Waals surface area contributed by atoms with Crippen LogP contribution in [0.4, 0.5) is 0 Å². The largest absolute Gasteiger partial charge is 0.468 e. The van der Waals surface area contributed by atoms with E-state index < -0.39 is 0 Å². The molecule has 4 nitrogen and oxygen atoms in total. The number of rotatable bonds is 5. The summed E-state index contributed by atoms with van der Waals surface area (Å²) in [5.74, 6) is 0.658. The Balaban J connectivity index is 2.45. The molecule has 0 bridgehead atoms. The molecule has 0 aliphatic carbocycles. The molecule has 78 valence electrons. The fourth-order valence-corrected chi connectivity index (χ4v) is 1.29. The van der Waals surface area contributed by atoms with E-state index in [0.29, 0.717) is 6.54 Å². The minimum Gasteiger partial charge on any atom is -0.468 e. The van der Waals surface area contributed by atoms with Crippen LogP contribution in [0.25, 0.3) is 0 Å². The number of hydrogen-bond donors (Lipinski definition) is 2. The van der Waals surface area contributed by atoms with E-state index in [-0.39, 0.29) is 17.9 Å². The second-order valence-corrected chi connectivity index (χ2v) is 3.58. The molecular weight excluding hydrogens is 180 g/mol. The van der Waals surface area contributed by atoms with Crippen molar-refractivity contribution in [3.05, 3.63) is 24.2 Å². The number of nitrogens with two attached hydrogens (primary N) is 1. The first-order valence-electron chi connectivity index (χ1n) is 4.66. The molecule has 0 saturated carbocycles. The second-order valence-electron chi connectivity index (χ2n) is 3.58. The van der Waals surface area contributed by atoms with Gasteiger partial charge in [0.25, 0.3) is 0 Å². The van der Waals surface area contributed by atoms with Crippen LogP contribution in [0, 0.1) is 5.92 Å². The first-order valence-corrected chi connectivity index (χ1v) is 4.66. The molecule has 0 saturated heterocycles. The number of furan rings is 1. The van der Waals surface area contributed by atoms with Crippen LogP contribution in [0.3, 0.4) is 0 Å². The van der Waals surface area contributed by atoms with Gasteiger partial charge in [0.2, 0.25) is 5.91 Å². The third-order valence-electron chi connectivity index (χ3n) is 2.05. The molecular formula is C10H16N2O2. The molecule has 0 aliphatic rings. The second kappa shape index (κ2) is 4.81. The van der Waals surface area contributed by atoms with Crippen LogP contribution in [0.1, 0.15) is 19.6 Å². The van der Waals surface area contributed by atoms with Crippen LogP contribution in [-0.2, 0) is 11.3 Å². The SMILES string of the molecule is CC(C)C(NCc1ccco1)C(N)=O. The van der Waals surface area contributed by atoms with Crippen LogP contribution in [-0.4, -0.2) is 11.9 Å². The molecule has 14 heavy (non-hydrogen) atoms. The molecule has 1 unspecified atom stereocenters. The zero-order valence-electron chi connectivity index (χ0n) is 8.49. The van der Waals surface area contributed by atoms with E-state index in [0.717, 1.165) is 5.76 Å². The number of carbonyl (C=O) groups excluding carboxylic acids is 1. The zero-order chi connectivity index (χ0) is 10.6. The maximum absolute atomic E-state index is 11.0. The molecule has 1 amide bonds. The van der Waals surface area contributed by atoms with E-state index in [1.807, 2.05) is 26.0 Å². The van der Waals surface area contributed by atoms with Gasteiger partial charge >= 0.3 is 0 Å². The van der Waals surface area contributed by atoms with E-state index in [1.165, 1.54) is 0 Å². The van der Waals surface area contributed by atoms with Gasteiger partial charge in [0, 0.05) is 0 Å². The third-order valence-corrected chi connectivity index (χ3v) is 2.05. The van der Waals surface area contributed by atoms with Crippen molar-refractivity contribution in [3.8, 4) is 0 Å². The lowest BCUT2D eigenvalue weighted by Crippen LogP contribution is -2.44. The Morgan fingerprint density at radius 2 is 2.36 bits per heavy atom.